The number of allylic oxidation sites excluding steroid dienone is 2. The topological polar surface area (TPSA) is 57.6 Å². The van der Waals surface area contributed by atoms with E-state index < -0.39 is 0 Å². The standard InChI is InChI=1S/C25H29NO3/c1-25-10-9-18-17-6-5-16(27)12-20(17)23(28)13-19(18)21(25)7-8-22(25)24(29)15-4-3-11-26(2)14-15/h3,5-6,11-12,14,18-19,21-22,27H,4,7-10,13H2,1-2H3/t18-,19-,21+,22-,25+/m1/s1. The van der Waals surface area contributed by atoms with Crippen LogP contribution in [-0.2, 0) is 4.79 Å². The third-order valence-corrected chi connectivity index (χ3v) is 8.27. The van der Waals surface area contributed by atoms with E-state index in [1.54, 1.807) is 12.1 Å². The molecule has 1 aromatic carbocycles. The number of hydrogen-bond acceptors (Lipinski definition) is 4. The molecule has 1 heterocycles. The fourth-order valence-electron chi connectivity index (χ4n) is 6.90. The highest BCUT2D eigenvalue weighted by Gasteiger charge is 2.57. The number of phenolic OH excluding ortho intramolecular Hbond substituents is 1. The number of benzene rings is 1. The number of nitrogens with zero attached hydrogens (tertiary/aromatic N) is 1. The number of Topliss-reactive ketones (excluding diaryl/α,β-unsaturated/α-hetero) is 2. The molecule has 2 fully saturated rings. The zero-order valence-corrected chi connectivity index (χ0v) is 17.2. The molecule has 5 atom stereocenters. The Bertz CT molecular complexity index is 945. The van der Waals surface area contributed by atoms with Gasteiger partial charge >= 0.3 is 0 Å². The van der Waals surface area contributed by atoms with Crippen molar-refractivity contribution in [1.29, 1.82) is 0 Å². The summed E-state index contributed by atoms with van der Waals surface area (Å²) >= 11 is 0. The quantitative estimate of drug-likeness (QED) is 0.786. The Morgan fingerprint density at radius 3 is 2.86 bits per heavy atom. The molecule has 5 rings (SSSR count). The first-order valence-corrected chi connectivity index (χ1v) is 10.9. The van der Waals surface area contributed by atoms with E-state index in [1.165, 1.54) is 0 Å². The number of carbonyl (C=O) groups is 2. The van der Waals surface area contributed by atoms with Crippen molar-refractivity contribution >= 4 is 11.6 Å². The van der Waals surface area contributed by atoms with Crippen LogP contribution < -0.4 is 0 Å². The van der Waals surface area contributed by atoms with E-state index >= 15 is 0 Å². The molecular weight excluding hydrogens is 362 g/mol. The lowest BCUT2D eigenvalue weighted by Gasteiger charge is -2.50. The molecule has 152 valence electrons. The molecule has 1 aliphatic heterocycles. The van der Waals surface area contributed by atoms with Crippen LogP contribution in [0.3, 0.4) is 0 Å². The molecule has 0 bridgehead atoms. The molecule has 4 aliphatic rings. The van der Waals surface area contributed by atoms with Gasteiger partial charge < -0.3 is 10.0 Å². The largest absolute Gasteiger partial charge is 0.508 e. The average Bonchev–Trinajstić information content (AvgIpc) is 3.05. The molecular formula is C25H29NO3. The number of phenols is 1. The van der Waals surface area contributed by atoms with Crippen molar-refractivity contribution in [3.8, 4) is 5.75 Å². The Balaban J connectivity index is 1.45. The Morgan fingerprint density at radius 1 is 1.24 bits per heavy atom. The molecule has 0 amide bonds. The number of hydrogen-bond donors (Lipinski definition) is 1. The van der Waals surface area contributed by atoms with Gasteiger partial charge in [0.2, 0.25) is 0 Å². The van der Waals surface area contributed by atoms with E-state index in [2.05, 4.69) is 13.0 Å². The molecule has 29 heavy (non-hydrogen) atoms. The number of aromatic hydroxyl groups is 1. The molecule has 3 aliphatic carbocycles. The highest BCUT2D eigenvalue weighted by Crippen LogP contribution is 2.63. The molecule has 1 N–H and O–H groups in total. The Morgan fingerprint density at radius 2 is 2.07 bits per heavy atom. The van der Waals surface area contributed by atoms with Gasteiger partial charge in [0.15, 0.2) is 11.6 Å². The van der Waals surface area contributed by atoms with Crippen molar-refractivity contribution in [2.24, 2.45) is 23.2 Å². The summed E-state index contributed by atoms with van der Waals surface area (Å²) in [6.07, 6.45) is 11.3. The van der Waals surface area contributed by atoms with E-state index in [-0.39, 0.29) is 22.9 Å². The van der Waals surface area contributed by atoms with E-state index in [0.29, 0.717) is 35.5 Å². The zero-order valence-electron chi connectivity index (χ0n) is 17.2. The molecule has 2 saturated carbocycles. The first kappa shape index (κ1) is 18.7. The van der Waals surface area contributed by atoms with Gasteiger partial charge in [-0.2, -0.15) is 0 Å². The summed E-state index contributed by atoms with van der Waals surface area (Å²) in [5.41, 5.74) is 2.72. The third-order valence-electron chi connectivity index (χ3n) is 8.27. The molecule has 0 radical (unpaired) electrons. The lowest BCUT2D eigenvalue weighted by Crippen LogP contribution is -2.45. The van der Waals surface area contributed by atoms with Gasteiger partial charge in [-0.3, -0.25) is 9.59 Å². The van der Waals surface area contributed by atoms with Gasteiger partial charge in [-0.1, -0.05) is 19.1 Å². The van der Waals surface area contributed by atoms with Crippen LogP contribution in [-0.4, -0.2) is 28.6 Å². The van der Waals surface area contributed by atoms with Crippen LogP contribution in [0.15, 0.2) is 42.2 Å². The maximum Gasteiger partial charge on any atom is 0.164 e. The summed E-state index contributed by atoms with van der Waals surface area (Å²) in [6.45, 7) is 2.31. The van der Waals surface area contributed by atoms with Gasteiger partial charge in [-0.05, 0) is 79.2 Å². The van der Waals surface area contributed by atoms with Crippen LogP contribution in [0.25, 0.3) is 0 Å². The van der Waals surface area contributed by atoms with Crippen LogP contribution in [0.4, 0.5) is 0 Å². The maximum absolute atomic E-state index is 13.4. The van der Waals surface area contributed by atoms with Crippen molar-refractivity contribution < 1.29 is 14.7 Å². The number of rotatable bonds is 2. The zero-order chi connectivity index (χ0) is 20.3. The normalized spacial score (nSPS) is 35.6. The molecule has 4 heteroatoms. The highest BCUT2D eigenvalue weighted by atomic mass is 16.3. The molecule has 0 aromatic heterocycles. The van der Waals surface area contributed by atoms with Crippen LogP contribution in [0, 0.1) is 23.2 Å². The predicted molar refractivity (Wildman–Crippen MR) is 111 cm³/mol. The van der Waals surface area contributed by atoms with Crippen molar-refractivity contribution in [3.05, 3.63) is 53.4 Å². The second kappa shape index (κ2) is 6.58. The van der Waals surface area contributed by atoms with Gasteiger partial charge in [0, 0.05) is 36.7 Å². The summed E-state index contributed by atoms with van der Waals surface area (Å²) in [4.78, 5) is 28.3. The van der Waals surface area contributed by atoms with Gasteiger partial charge in [0.05, 0.1) is 0 Å². The van der Waals surface area contributed by atoms with Crippen molar-refractivity contribution in [3.63, 3.8) is 0 Å². The Kier molecular flexibility index (Phi) is 4.23. The second-order valence-electron chi connectivity index (χ2n) is 9.72. The smallest absolute Gasteiger partial charge is 0.164 e. The Labute approximate surface area is 172 Å². The van der Waals surface area contributed by atoms with Crippen molar-refractivity contribution in [2.45, 2.75) is 51.4 Å². The second-order valence-corrected chi connectivity index (χ2v) is 9.72. The van der Waals surface area contributed by atoms with Crippen LogP contribution >= 0.6 is 0 Å². The van der Waals surface area contributed by atoms with Gasteiger partial charge in [0.25, 0.3) is 0 Å². The highest BCUT2D eigenvalue weighted by molar-refractivity contribution is 6.00. The summed E-state index contributed by atoms with van der Waals surface area (Å²) in [5.74, 6) is 1.81. The van der Waals surface area contributed by atoms with Crippen LogP contribution in [0.1, 0.15) is 67.3 Å². The molecule has 0 saturated heterocycles. The summed E-state index contributed by atoms with van der Waals surface area (Å²) in [6, 6.07) is 5.31. The minimum Gasteiger partial charge on any atom is -0.508 e. The van der Waals surface area contributed by atoms with Crippen LogP contribution in [0.5, 0.6) is 5.75 Å². The van der Waals surface area contributed by atoms with Crippen LogP contribution in [0.2, 0.25) is 0 Å². The summed E-state index contributed by atoms with van der Waals surface area (Å²) in [7, 11) is 1.97. The van der Waals surface area contributed by atoms with E-state index in [4.69, 9.17) is 0 Å². The lowest BCUT2D eigenvalue weighted by atomic mass is 9.53. The van der Waals surface area contributed by atoms with Gasteiger partial charge in [-0.25, -0.2) is 0 Å². The van der Waals surface area contributed by atoms with Crippen molar-refractivity contribution in [2.75, 3.05) is 7.05 Å². The first-order valence-electron chi connectivity index (χ1n) is 10.9. The Hall–Kier alpha value is -2.36. The fourth-order valence-corrected chi connectivity index (χ4v) is 6.90. The minimum absolute atomic E-state index is 0.0203. The maximum atomic E-state index is 13.4. The number of ketones is 2. The first-order chi connectivity index (χ1) is 13.9. The summed E-state index contributed by atoms with van der Waals surface area (Å²) in [5, 5.41) is 9.83. The van der Waals surface area contributed by atoms with E-state index in [1.807, 2.05) is 30.4 Å². The van der Waals surface area contributed by atoms with Gasteiger partial charge in [-0.15, -0.1) is 0 Å². The average molecular weight is 392 g/mol. The number of carbonyl (C=O) groups excluding carboxylic acids is 2. The monoisotopic (exact) mass is 391 g/mol. The minimum atomic E-state index is -0.0203. The van der Waals surface area contributed by atoms with E-state index in [0.717, 1.165) is 43.2 Å². The lowest BCUT2D eigenvalue weighted by molar-refractivity contribution is -0.124. The summed E-state index contributed by atoms with van der Waals surface area (Å²) < 4.78 is 0. The molecule has 4 nitrogen and oxygen atoms in total. The predicted octanol–water partition coefficient (Wildman–Crippen LogP) is 4.81. The van der Waals surface area contributed by atoms with Gasteiger partial charge in [0.1, 0.15) is 5.75 Å². The fraction of sp³-hybridized carbons (Fsp3) is 0.520. The third kappa shape index (κ3) is 2.79. The van der Waals surface area contributed by atoms with E-state index in [9.17, 15) is 14.7 Å². The SMILES string of the molecule is CN1C=CCC(C(=O)[C@H]2CC[C@H]3[C@@H]4CC(=O)c5cc(O)ccc5[C@H]4CC[C@]23C)=C1. The molecule has 1 aromatic rings. The van der Waals surface area contributed by atoms with Crippen molar-refractivity contribution in [1.82, 2.24) is 4.90 Å². The number of fused-ring (bicyclic) bond motifs is 5. The molecule has 0 spiro atoms. The molecule has 0 unspecified atom stereocenters.